The minimum Gasteiger partial charge on any atom is -0.378 e. The van der Waals surface area contributed by atoms with Crippen molar-refractivity contribution in [3.63, 3.8) is 0 Å². The van der Waals surface area contributed by atoms with Gasteiger partial charge in [0.1, 0.15) is 6.04 Å². The van der Waals surface area contributed by atoms with Gasteiger partial charge in [-0.1, -0.05) is 12.8 Å². The zero-order valence-corrected chi connectivity index (χ0v) is 14.3. The highest BCUT2D eigenvalue weighted by molar-refractivity contribution is 5.88. The fourth-order valence-electron chi connectivity index (χ4n) is 3.22. The van der Waals surface area contributed by atoms with Crippen molar-refractivity contribution in [3.05, 3.63) is 0 Å². The van der Waals surface area contributed by atoms with Gasteiger partial charge in [-0.3, -0.25) is 9.59 Å². The summed E-state index contributed by atoms with van der Waals surface area (Å²) in [6.07, 6.45) is 3.75. The number of amides is 2. The average molecular weight is 334 g/mol. The number of hydrogen-bond acceptors (Lipinski definition) is 4. The molecule has 2 amide bonds. The second-order valence-corrected chi connectivity index (χ2v) is 6.47. The molecule has 7 heteroatoms. The van der Waals surface area contributed by atoms with Gasteiger partial charge in [-0.25, -0.2) is 0 Å². The first-order chi connectivity index (χ1) is 9.92. The molecule has 6 nitrogen and oxygen atoms in total. The predicted molar refractivity (Wildman–Crippen MR) is 86.8 cm³/mol. The molecule has 0 radical (unpaired) electrons. The minimum atomic E-state index is -0.506. The Morgan fingerprint density at radius 2 is 1.95 bits per heavy atom. The van der Waals surface area contributed by atoms with Crippen LogP contribution in [0.2, 0.25) is 0 Å². The van der Waals surface area contributed by atoms with Crippen LogP contribution in [0.4, 0.5) is 0 Å². The molecule has 0 aromatic heterocycles. The monoisotopic (exact) mass is 333 g/mol. The Hall–Kier alpha value is -0.850. The van der Waals surface area contributed by atoms with Gasteiger partial charge in [-0.05, 0) is 26.7 Å². The fourth-order valence-corrected chi connectivity index (χ4v) is 3.22. The lowest BCUT2D eigenvalue weighted by Gasteiger charge is -2.38. The molecule has 1 saturated heterocycles. The molecule has 2 rings (SSSR count). The largest absolute Gasteiger partial charge is 0.378 e. The van der Waals surface area contributed by atoms with Gasteiger partial charge in [-0.15, -0.1) is 12.4 Å². The van der Waals surface area contributed by atoms with E-state index in [2.05, 4.69) is 5.32 Å². The second kappa shape index (κ2) is 8.13. The van der Waals surface area contributed by atoms with Crippen LogP contribution in [0, 0.1) is 5.92 Å². The molecule has 3 atom stereocenters. The number of nitrogens with zero attached hydrogens (tertiary/aromatic N) is 1. The maximum Gasteiger partial charge on any atom is 0.245 e. The molecule has 0 aromatic carbocycles. The standard InChI is InChI=1S/C15H27N3O3.ClH/c1-11(14(20)18-7-9-21-10-8-18)17-13(19)12-5-3-4-6-15(12,2)16;/h11-12H,3-10,16H2,1-2H3,(H,17,19);1H. The maximum atomic E-state index is 12.4. The molecule has 1 heterocycles. The van der Waals surface area contributed by atoms with E-state index in [1.807, 2.05) is 6.92 Å². The highest BCUT2D eigenvalue weighted by atomic mass is 35.5. The van der Waals surface area contributed by atoms with Crippen LogP contribution in [-0.2, 0) is 14.3 Å². The van der Waals surface area contributed by atoms with E-state index in [9.17, 15) is 9.59 Å². The third kappa shape index (κ3) is 4.57. The van der Waals surface area contributed by atoms with Gasteiger partial charge < -0.3 is 20.7 Å². The van der Waals surface area contributed by atoms with Gasteiger partial charge >= 0.3 is 0 Å². The number of morpholine rings is 1. The number of rotatable bonds is 3. The summed E-state index contributed by atoms with van der Waals surface area (Å²) in [4.78, 5) is 26.5. The lowest BCUT2D eigenvalue weighted by Crippen LogP contribution is -2.56. The van der Waals surface area contributed by atoms with Gasteiger partial charge in [0.15, 0.2) is 0 Å². The Morgan fingerprint density at radius 3 is 2.55 bits per heavy atom. The van der Waals surface area contributed by atoms with Gasteiger partial charge in [0.25, 0.3) is 0 Å². The van der Waals surface area contributed by atoms with E-state index in [0.29, 0.717) is 26.3 Å². The van der Waals surface area contributed by atoms with Gasteiger partial charge in [0.05, 0.1) is 19.1 Å². The summed E-state index contributed by atoms with van der Waals surface area (Å²) in [7, 11) is 0. The number of halogens is 1. The summed E-state index contributed by atoms with van der Waals surface area (Å²) in [5.41, 5.74) is 5.78. The summed E-state index contributed by atoms with van der Waals surface area (Å²) in [5.74, 6) is -0.332. The molecule has 3 N–H and O–H groups in total. The second-order valence-electron chi connectivity index (χ2n) is 6.47. The summed E-state index contributed by atoms with van der Waals surface area (Å²) in [6.45, 7) is 6.00. The van der Waals surface area contributed by atoms with E-state index in [0.717, 1.165) is 25.7 Å². The number of carbonyl (C=O) groups excluding carboxylic acids is 2. The molecule has 1 saturated carbocycles. The van der Waals surface area contributed by atoms with E-state index in [1.165, 1.54) is 0 Å². The Balaban J connectivity index is 0.00000242. The molecular weight excluding hydrogens is 306 g/mol. The molecule has 1 aliphatic carbocycles. The molecule has 22 heavy (non-hydrogen) atoms. The van der Waals surface area contributed by atoms with E-state index >= 15 is 0 Å². The van der Waals surface area contributed by atoms with Crippen LogP contribution in [0.15, 0.2) is 0 Å². The summed E-state index contributed by atoms with van der Waals surface area (Å²) in [5, 5.41) is 2.85. The van der Waals surface area contributed by atoms with Crippen molar-refractivity contribution in [2.24, 2.45) is 11.7 Å². The van der Waals surface area contributed by atoms with Crippen molar-refractivity contribution in [3.8, 4) is 0 Å². The number of nitrogens with two attached hydrogens (primary N) is 1. The van der Waals surface area contributed by atoms with Crippen LogP contribution in [0.3, 0.4) is 0 Å². The summed E-state index contributed by atoms with van der Waals surface area (Å²) < 4.78 is 5.24. The Bertz CT molecular complexity index is 397. The number of carbonyl (C=O) groups is 2. The zero-order valence-electron chi connectivity index (χ0n) is 13.5. The molecule has 0 spiro atoms. The van der Waals surface area contributed by atoms with Crippen molar-refractivity contribution in [1.29, 1.82) is 0 Å². The summed E-state index contributed by atoms with van der Waals surface area (Å²) >= 11 is 0. The molecule has 0 aromatic rings. The van der Waals surface area contributed by atoms with E-state index in [4.69, 9.17) is 10.5 Å². The van der Waals surface area contributed by atoms with Gasteiger partial charge in [0, 0.05) is 18.6 Å². The lowest BCUT2D eigenvalue weighted by atomic mass is 9.74. The fraction of sp³-hybridized carbons (Fsp3) is 0.867. The topological polar surface area (TPSA) is 84.7 Å². The van der Waals surface area contributed by atoms with E-state index in [-0.39, 0.29) is 30.1 Å². The molecule has 0 bridgehead atoms. The Morgan fingerprint density at radius 1 is 1.32 bits per heavy atom. The SMILES string of the molecule is CC(NC(=O)C1CCCCC1(C)N)C(=O)N1CCOCC1.Cl. The molecule has 2 aliphatic rings. The van der Waals surface area contributed by atoms with Crippen molar-refractivity contribution >= 4 is 24.2 Å². The summed E-state index contributed by atoms with van der Waals surface area (Å²) in [6, 6.07) is -0.506. The Kier molecular flexibility index (Phi) is 7.09. The zero-order chi connectivity index (χ0) is 15.5. The van der Waals surface area contributed by atoms with Crippen molar-refractivity contribution in [1.82, 2.24) is 10.2 Å². The first-order valence-electron chi connectivity index (χ1n) is 7.87. The van der Waals surface area contributed by atoms with Crippen molar-refractivity contribution in [2.75, 3.05) is 26.3 Å². The van der Waals surface area contributed by atoms with Crippen LogP contribution in [0.5, 0.6) is 0 Å². The first-order valence-corrected chi connectivity index (χ1v) is 7.87. The van der Waals surface area contributed by atoms with Crippen molar-refractivity contribution in [2.45, 2.75) is 51.1 Å². The minimum absolute atomic E-state index is 0. The average Bonchev–Trinajstić information content (AvgIpc) is 2.46. The molecule has 3 unspecified atom stereocenters. The number of ether oxygens (including phenoxy) is 1. The van der Waals surface area contributed by atoms with E-state index < -0.39 is 11.6 Å². The number of nitrogens with one attached hydrogen (secondary N) is 1. The smallest absolute Gasteiger partial charge is 0.245 e. The highest BCUT2D eigenvalue weighted by Gasteiger charge is 2.38. The van der Waals surface area contributed by atoms with E-state index in [1.54, 1.807) is 11.8 Å². The molecular formula is C15H28ClN3O3. The predicted octanol–water partition coefficient (Wildman–Crippen LogP) is 0.679. The lowest BCUT2D eigenvalue weighted by molar-refractivity contribution is -0.140. The third-order valence-corrected chi connectivity index (χ3v) is 4.62. The van der Waals surface area contributed by atoms with Crippen LogP contribution < -0.4 is 11.1 Å². The number of hydrogen-bond donors (Lipinski definition) is 2. The van der Waals surface area contributed by atoms with Crippen LogP contribution in [-0.4, -0.2) is 54.6 Å². The Labute approximate surface area is 138 Å². The third-order valence-electron chi connectivity index (χ3n) is 4.62. The normalized spacial score (nSPS) is 30.1. The van der Waals surface area contributed by atoms with Crippen molar-refractivity contribution < 1.29 is 14.3 Å². The quantitative estimate of drug-likeness (QED) is 0.795. The molecule has 1 aliphatic heterocycles. The van der Waals surface area contributed by atoms with Crippen LogP contribution in [0.1, 0.15) is 39.5 Å². The van der Waals surface area contributed by atoms with Crippen LogP contribution in [0.25, 0.3) is 0 Å². The van der Waals surface area contributed by atoms with Gasteiger partial charge in [0.2, 0.25) is 11.8 Å². The molecule has 128 valence electrons. The highest BCUT2D eigenvalue weighted by Crippen LogP contribution is 2.31. The van der Waals surface area contributed by atoms with Crippen LogP contribution >= 0.6 is 12.4 Å². The maximum absolute atomic E-state index is 12.4. The van der Waals surface area contributed by atoms with Gasteiger partial charge in [-0.2, -0.15) is 0 Å². The first kappa shape index (κ1) is 19.2. The molecule has 2 fully saturated rings.